The highest BCUT2D eigenvalue weighted by molar-refractivity contribution is 7.20. The fourth-order valence-electron chi connectivity index (χ4n) is 10.8. The van der Waals surface area contributed by atoms with Gasteiger partial charge in [-0.2, -0.15) is 132 Å². The third-order valence-corrected chi connectivity index (χ3v) is 14.7. The molecule has 0 fully saturated rings. The predicted molar refractivity (Wildman–Crippen MR) is 279 cm³/mol. The molecular formula is C62H34BF24NO2. The molecule has 0 bridgehead atoms. The van der Waals surface area contributed by atoms with E-state index in [4.69, 9.17) is 4.74 Å². The minimum atomic E-state index is -6.13. The van der Waals surface area contributed by atoms with Crippen LogP contribution < -0.4 is 31.2 Å². The topological polar surface area (TPSA) is 30.2 Å². The molecule has 1 aromatic heterocycles. The minimum Gasteiger partial charge on any atom is -0.431 e. The molecule has 3 nitrogen and oxygen atoms in total. The van der Waals surface area contributed by atoms with E-state index in [0.29, 0.717) is 11.4 Å². The first-order chi connectivity index (χ1) is 41.6. The molecule has 90 heavy (non-hydrogen) atoms. The molecule has 470 valence electrons. The molecule has 0 spiro atoms. The molecule has 0 saturated heterocycles. The summed E-state index contributed by atoms with van der Waals surface area (Å²) >= 11 is 0. The summed E-state index contributed by atoms with van der Waals surface area (Å²) in [5.74, 6) is 0.752. The van der Waals surface area contributed by atoms with Crippen molar-refractivity contribution in [2.75, 3.05) is 0 Å². The number of nitrogens with zero attached hydrogens (tertiary/aromatic N) is 1. The maximum absolute atomic E-state index is 14.2. The van der Waals surface area contributed by atoms with Gasteiger partial charge in [0.15, 0.2) is 12.3 Å². The van der Waals surface area contributed by atoms with E-state index in [0.717, 1.165) is 21.9 Å². The number of hydrogen-bond acceptors (Lipinski definition) is 2. The maximum Gasteiger partial charge on any atom is 0.416 e. The summed E-state index contributed by atoms with van der Waals surface area (Å²) in [7, 11) is 0. The van der Waals surface area contributed by atoms with E-state index < -0.39 is 195 Å². The second-order valence-corrected chi connectivity index (χ2v) is 20.5. The van der Waals surface area contributed by atoms with Gasteiger partial charge in [-0.1, -0.05) is 146 Å². The van der Waals surface area contributed by atoms with Crippen molar-refractivity contribution in [3.63, 3.8) is 0 Å². The van der Waals surface area contributed by atoms with E-state index in [2.05, 4.69) is 60.7 Å². The van der Waals surface area contributed by atoms with Gasteiger partial charge in [0.05, 0.1) is 49.9 Å². The van der Waals surface area contributed by atoms with Gasteiger partial charge in [0.1, 0.15) is 6.15 Å². The molecule has 0 aliphatic heterocycles. The van der Waals surface area contributed by atoms with Crippen LogP contribution in [-0.4, -0.2) is 11.9 Å². The number of halogens is 24. The Morgan fingerprint density at radius 3 is 0.967 bits per heavy atom. The summed E-state index contributed by atoms with van der Waals surface area (Å²) in [6, 6.07) is 27.6. The van der Waals surface area contributed by atoms with Crippen LogP contribution in [0.4, 0.5) is 105 Å². The number of Topliss-reactive ketones (excluding diaryl/α,β-unsaturated/α-hetero) is 1. The first-order valence-electron chi connectivity index (χ1n) is 25.8. The number of carbonyl (C=O) groups excluding carboxylic acids is 1. The van der Waals surface area contributed by atoms with Crippen molar-refractivity contribution in [2.24, 2.45) is 0 Å². The van der Waals surface area contributed by atoms with Crippen molar-refractivity contribution in [1.82, 2.24) is 0 Å². The molecule has 10 rings (SSSR count). The summed E-state index contributed by atoms with van der Waals surface area (Å²) < 4.78 is 350. The normalized spacial score (nSPS) is 13.6. The zero-order valence-corrected chi connectivity index (χ0v) is 44.6. The summed E-state index contributed by atoms with van der Waals surface area (Å²) in [6.07, 6.45) is -53.1. The van der Waals surface area contributed by atoms with Gasteiger partial charge in [0.2, 0.25) is 12.3 Å². The maximum atomic E-state index is 14.2. The van der Waals surface area contributed by atoms with Crippen molar-refractivity contribution in [3.8, 4) is 17.0 Å². The number of aromatic nitrogens is 1. The average Bonchev–Trinajstić information content (AvgIpc) is 0.840. The summed E-state index contributed by atoms with van der Waals surface area (Å²) in [5.41, 5.74) is -24.8. The molecule has 0 unspecified atom stereocenters. The molecule has 1 aliphatic rings. The van der Waals surface area contributed by atoms with Gasteiger partial charge in [0.25, 0.3) is 0 Å². The molecule has 0 radical (unpaired) electrons. The molecule has 1 heterocycles. The summed E-state index contributed by atoms with van der Waals surface area (Å²) in [6.45, 7) is 0.209. The molecule has 0 atom stereocenters. The van der Waals surface area contributed by atoms with Gasteiger partial charge < -0.3 is 4.74 Å². The van der Waals surface area contributed by atoms with Crippen LogP contribution in [-0.2, 0) is 56.0 Å². The van der Waals surface area contributed by atoms with E-state index in [9.17, 15) is 110 Å². The highest BCUT2D eigenvalue weighted by atomic mass is 19.4. The van der Waals surface area contributed by atoms with Crippen LogP contribution in [0, 0.1) is 0 Å². The van der Waals surface area contributed by atoms with Gasteiger partial charge in [-0.25, -0.2) is 0 Å². The Bertz CT molecular complexity index is 3690. The minimum absolute atomic E-state index is 0.0490. The molecule has 28 heteroatoms. The van der Waals surface area contributed by atoms with Gasteiger partial charge in [-0.3, -0.25) is 4.79 Å². The fourth-order valence-corrected chi connectivity index (χ4v) is 10.8. The molecule has 0 amide bonds. The van der Waals surface area contributed by atoms with Crippen LogP contribution in [0.15, 0.2) is 188 Å². The van der Waals surface area contributed by atoms with Crippen molar-refractivity contribution in [3.05, 3.63) is 249 Å². The zero-order valence-electron chi connectivity index (χ0n) is 44.6. The smallest absolute Gasteiger partial charge is 0.416 e. The van der Waals surface area contributed by atoms with E-state index in [1.54, 1.807) is 0 Å². The van der Waals surface area contributed by atoms with Gasteiger partial charge in [0, 0.05) is 22.8 Å². The van der Waals surface area contributed by atoms with Gasteiger partial charge >= 0.3 is 55.3 Å². The lowest BCUT2D eigenvalue weighted by atomic mass is 9.12. The largest absolute Gasteiger partial charge is 0.431 e. The quantitative estimate of drug-likeness (QED) is 0.0624. The highest BCUT2D eigenvalue weighted by Gasteiger charge is 2.47. The third kappa shape index (κ3) is 13.5. The molecule has 0 N–H and O–H groups in total. The van der Waals surface area contributed by atoms with Crippen LogP contribution >= 0.6 is 0 Å². The SMILES string of the molecule is FC(F)(F)c1cc([B-](c2cc(C(F)(F)F)cc(C(F)(F)F)c2)(c2cc(C(F)(F)F)cc(C(F)(F)F)c2)c2cc(C(F)(F)F)cc(C(F)(F)F)c2)cc(C(F)(F)F)c1.O=C(C[n+]1ccc2ccccc2c1OC1c2ccccc2-c2ccccc21)c1ccccc1. The number of ketones is 1. The Balaban J connectivity index is 0.000000244. The predicted octanol–water partition coefficient (Wildman–Crippen LogP) is 17.4. The van der Waals surface area contributed by atoms with Crippen LogP contribution in [0.1, 0.15) is 72.1 Å². The Kier molecular flexibility index (Phi) is 16.8. The number of ether oxygens (including phenoxy) is 1. The second kappa shape index (κ2) is 23.1. The lowest BCUT2D eigenvalue weighted by molar-refractivity contribution is -0.687. The van der Waals surface area contributed by atoms with Crippen molar-refractivity contribution in [1.29, 1.82) is 0 Å². The summed E-state index contributed by atoms with van der Waals surface area (Å²) in [4.78, 5) is 13.1. The number of rotatable bonds is 9. The van der Waals surface area contributed by atoms with Crippen LogP contribution in [0.25, 0.3) is 21.9 Å². The number of hydrogen-bond donors (Lipinski definition) is 0. The first-order valence-corrected chi connectivity index (χ1v) is 25.8. The van der Waals surface area contributed by atoms with E-state index in [1.165, 1.54) is 11.1 Å². The van der Waals surface area contributed by atoms with Crippen molar-refractivity contribution < 1.29 is 119 Å². The standard InChI is InChI=1S/C32H12BF24.C30H22NO2/c34-25(35,36)13-1-14(26(37,38)39)6-21(5-13)33(22-7-15(27(40,41)42)2-16(8-22)28(43,44)45,23-9-17(29(46,47)48)3-18(10-23)30(49,50)51)24-11-19(31(52,53)54)4-20(12-24)32(55,56)57;32-28(22-11-2-1-3-12-22)20-31-19-18-21-10-4-5-13-23(21)30(31)33-29-26-16-8-6-14-24(26)25-15-7-9-17-27(25)29/h1-12H;1-19,29H,20H2/q-1;+1. The lowest BCUT2D eigenvalue weighted by Crippen LogP contribution is -2.75. The number of fused-ring (bicyclic) bond motifs is 4. The van der Waals surface area contributed by atoms with Gasteiger partial charge in [-0.15, -0.1) is 0 Å². The number of pyridine rings is 1. The lowest BCUT2D eigenvalue weighted by Gasteiger charge is -2.46. The summed E-state index contributed by atoms with van der Waals surface area (Å²) in [5, 5.41) is 2.07. The van der Waals surface area contributed by atoms with E-state index >= 15 is 0 Å². The third-order valence-electron chi connectivity index (χ3n) is 14.7. The zero-order chi connectivity index (χ0) is 66.1. The van der Waals surface area contributed by atoms with Crippen molar-refractivity contribution >= 4 is 44.6 Å². The van der Waals surface area contributed by atoms with Crippen LogP contribution in [0.5, 0.6) is 5.88 Å². The Morgan fingerprint density at radius 1 is 0.356 bits per heavy atom. The number of benzene rings is 8. The monoisotopic (exact) mass is 1290 g/mol. The highest BCUT2D eigenvalue weighted by Crippen LogP contribution is 2.47. The Hall–Kier alpha value is -8.98. The molecule has 9 aromatic rings. The second-order valence-electron chi connectivity index (χ2n) is 20.5. The van der Waals surface area contributed by atoms with Crippen LogP contribution in [0.2, 0.25) is 0 Å². The van der Waals surface area contributed by atoms with E-state index in [-0.39, 0.29) is 18.4 Å². The molecular weight excluding hydrogens is 1260 g/mol. The number of alkyl halides is 24. The fraction of sp³-hybridized carbons (Fsp3) is 0.161. The average molecular weight is 1290 g/mol. The van der Waals surface area contributed by atoms with Crippen LogP contribution in [0.3, 0.4) is 0 Å². The number of carbonyl (C=O) groups is 1. The van der Waals surface area contributed by atoms with Gasteiger partial charge in [-0.05, 0) is 46.8 Å². The molecule has 8 aromatic carbocycles. The first kappa shape index (κ1) is 65.5. The Labute approximate surface area is 491 Å². The van der Waals surface area contributed by atoms with E-state index in [1.807, 2.05) is 59.3 Å². The molecule has 0 saturated carbocycles. The van der Waals surface area contributed by atoms with Crippen molar-refractivity contribution in [2.45, 2.75) is 62.1 Å². The Morgan fingerprint density at radius 2 is 0.644 bits per heavy atom. The molecule has 1 aliphatic carbocycles.